The van der Waals surface area contributed by atoms with Crippen molar-refractivity contribution >= 4 is 17.5 Å². The summed E-state index contributed by atoms with van der Waals surface area (Å²) in [5, 5.41) is 11.9. The quantitative estimate of drug-likeness (QED) is 0.752. The fourth-order valence-corrected chi connectivity index (χ4v) is 1.24. The van der Waals surface area contributed by atoms with Crippen LogP contribution in [-0.2, 0) is 6.61 Å². The average Bonchev–Trinajstić information content (AvgIpc) is 2.16. The first-order chi connectivity index (χ1) is 6.19. The molecule has 0 spiro atoms. The van der Waals surface area contributed by atoms with Crippen LogP contribution in [0.5, 0.6) is 0 Å². The lowest BCUT2D eigenvalue weighted by Crippen LogP contribution is -2.19. The molecule has 0 aliphatic carbocycles. The van der Waals surface area contributed by atoms with Gasteiger partial charge in [0.1, 0.15) is 0 Å². The third kappa shape index (κ3) is 2.20. The van der Waals surface area contributed by atoms with Crippen LogP contribution in [0.3, 0.4) is 0 Å². The van der Waals surface area contributed by atoms with Crippen molar-refractivity contribution in [1.29, 1.82) is 0 Å². The zero-order valence-electron chi connectivity index (χ0n) is 7.17. The Morgan fingerprint density at radius 3 is 2.85 bits per heavy atom. The normalized spacial score (nSPS) is 9.77. The molecule has 4 heteroatoms. The molecule has 1 aromatic carbocycles. The minimum atomic E-state index is -0.222. The Morgan fingerprint density at radius 1 is 1.62 bits per heavy atom. The Hall–Kier alpha value is -1.06. The van der Waals surface area contributed by atoms with E-state index in [1.807, 2.05) is 0 Å². The van der Waals surface area contributed by atoms with Crippen LogP contribution < -0.4 is 5.32 Å². The van der Waals surface area contributed by atoms with Crippen LogP contribution >= 0.6 is 11.6 Å². The van der Waals surface area contributed by atoms with Gasteiger partial charge in [-0.15, -0.1) is 0 Å². The van der Waals surface area contributed by atoms with Crippen molar-refractivity contribution in [2.45, 2.75) is 6.61 Å². The lowest BCUT2D eigenvalue weighted by Gasteiger charge is -2.05. The van der Waals surface area contributed by atoms with E-state index in [4.69, 9.17) is 16.7 Å². The molecule has 0 atom stereocenters. The van der Waals surface area contributed by atoms with Crippen LogP contribution in [-0.4, -0.2) is 18.1 Å². The van der Waals surface area contributed by atoms with Crippen molar-refractivity contribution in [2.24, 2.45) is 0 Å². The predicted octanol–water partition coefficient (Wildman–Crippen LogP) is 1.19. The summed E-state index contributed by atoms with van der Waals surface area (Å²) < 4.78 is 0. The fraction of sp³-hybridized carbons (Fsp3) is 0.222. The molecule has 1 aromatic rings. The van der Waals surface area contributed by atoms with E-state index >= 15 is 0 Å². The van der Waals surface area contributed by atoms with Crippen molar-refractivity contribution in [1.82, 2.24) is 5.32 Å². The van der Waals surface area contributed by atoms with Crippen LogP contribution in [0.1, 0.15) is 15.9 Å². The Bertz CT molecular complexity index is 325. The SMILES string of the molecule is CNC(=O)c1ccc(Cl)cc1CO. The molecule has 0 aliphatic heterocycles. The van der Waals surface area contributed by atoms with Crippen LogP contribution in [0.2, 0.25) is 5.02 Å². The maximum atomic E-state index is 11.2. The van der Waals surface area contributed by atoms with Gasteiger partial charge in [-0.05, 0) is 23.8 Å². The van der Waals surface area contributed by atoms with Crippen LogP contribution in [0.4, 0.5) is 0 Å². The molecule has 70 valence electrons. The van der Waals surface area contributed by atoms with Gasteiger partial charge < -0.3 is 10.4 Å². The number of rotatable bonds is 2. The molecule has 0 aromatic heterocycles. The van der Waals surface area contributed by atoms with Crippen molar-refractivity contribution in [2.75, 3.05) is 7.05 Å². The Morgan fingerprint density at radius 2 is 2.31 bits per heavy atom. The van der Waals surface area contributed by atoms with Crippen molar-refractivity contribution < 1.29 is 9.90 Å². The van der Waals surface area contributed by atoms with E-state index in [1.165, 1.54) is 7.05 Å². The lowest BCUT2D eigenvalue weighted by atomic mass is 10.1. The monoisotopic (exact) mass is 199 g/mol. The summed E-state index contributed by atoms with van der Waals surface area (Å²) >= 11 is 5.70. The number of hydrogen-bond acceptors (Lipinski definition) is 2. The molecular weight excluding hydrogens is 190 g/mol. The summed E-state index contributed by atoms with van der Waals surface area (Å²) in [6.07, 6.45) is 0. The van der Waals surface area contributed by atoms with Gasteiger partial charge >= 0.3 is 0 Å². The van der Waals surface area contributed by atoms with Gasteiger partial charge in [-0.1, -0.05) is 11.6 Å². The van der Waals surface area contributed by atoms with Gasteiger partial charge in [0.05, 0.1) is 6.61 Å². The number of nitrogens with one attached hydrogen (secondary N) is 1. The highest BCUT2D eigenvalue weighted by Gasteiger charge is 2.08. The number of hydrogen-bond donors (Lipinski definition) is 2. The molecule has 0 saturated carbocycles. The van der Waals surface area contributed by atoms with Gasteiger partial charge in [-0.3, -0.25) is 4.79 Å². The van der Waals surface area contributed by atoms with Crippen LogP contribution in [0.25, 0.3) is 0 Å². The van der Waals surface area contributed by atoms with E-state index in [0.29, 0.717) is 16.1 Å². The average molecular weight is 200 g/mol. The molecule has 0 fully saturated rings. The summed E-state index contributed by atoms with van der Waals surface area (Å²) in [4.78, 5) is 11.2. The second-order valence-corrected chi connectivity index (χ2v) is 2.98. The maximum Gasteiger partial charge on any atom is 0.251 e. The maximum absolute atomic E-state index is 11.2. The highest BCUT2D eigenvalue weighted by Crippen LogP contribution is 2.15. The molecule has 2 N–H and O–H groups in total. The van der Waals surface area contributed by atoms with E-state index in [2.05, 4.69) is 5.32 Å². The van der Waals surface area contributed by atoms with Crippen LogP contribution in [0.15, 0.2) is 18.2 Å². The molecule has 13 heavy (non-hydrogen) atoms. The minimum Gasteiger partial charge on any atom is -0.392 e. The number of aliphatic hydroxyl groups is 1. The van der Waals surface area contributed by atoms with E-state index in [-0.39, 0.29) is 12.5 Å². The molecule has 0 radical (unpaired) electrons. The zero-order chi connectivity index (χ0) is 9.84. The third-order valence-corrected chi connectivity index (χ3v) is 1.94. The highest BCUT2D eigenvalue weighted by atomic mass is 35.5. The summed E-state index contributed by atoms with van der Waals surface area (Å²) in [6, 6.07) is 4.78. The zero-order valence-corrected chi connectivity index (χ0v) is 7.93. The Labute approximate surface area is 81.3 Å². The molecule has 0 bridgehead atoms. The number of carbonyl (C=O) groups is 1. The first kappa shape index (κ1) is 10.0. The van der Waals surface area contributed by atoms with Gasteiger partial charge in [-0.2, -0.15) is 0 Å². The summed E-state index contributed by atoms with van der Waals surface area (Å²) in [6.45, 7) is -0.191. The summed E-state index contributed by atoms with van der Waals surface area (Å²) in [5.41, 5.74) is 0.987. The first-order valence-corrected chi connectivity index (χ1v) is 4.18. The lowest BCUT2D eigenvalue weighted by molar-refractivity contribution is 0.0960. The fourth-order valence-electron chi connectivity index (χ4n) is 1.05. The van der Waals surface area contributed by atoms with E-state index in [0.717, 1.165) is 0 Å². The molecule has 1 amide bonds. The standard InChI is InChI=1S/C9H10ClNO2/c1-11-9(13)8-3-2-7(10)4-6(8)5-12/h2-4,12H,5H2,1H3,(H,11,13). The van der Waals surface area contributed by atoms with Crippen molar-refractivity contribution in [3.05, 3.63) is 34.3 Å². The van der Waals surface area contributed by atoms with Crippen molar-refractivity contribution in [3.8, 4) is 0 Å². The first-order valence-electron chi connectivity index (χ1n) is 3.80. The number of carbonyl (C=O) groups excluding carboxylic acids is 1. The molecule has 0 heterocycles. The molecule has 1 rings (SSSR count). The van der Waals surface area contributed by atoms with E-state index in [9.17, 15) is 4.79 Å². The van der Waals surface area contributed by atoms with Gasteiger partial charge in [0, 0.05) is 17.6 Å². The second kappa shape index (κ2) is 4.25. The predicted molar refractivity (Wildman–Crippen MR) is 50.8 cm³/mol. The molecular formula is C9H10ClNO2. The molecule has 0 saturated heterocycles. The van der Waals surface area contributed by atoms with Crippen molar-refractivity contribution in [3.63, 3.8) is 0 Å². The summed E-state index contributed by atoms with van der Waals surface area (Å²) in [5.74, 6) is -0.222. The van der Waals surface area contributed by atoms with Crippen LogP contribution in [0, 0.1) is 0 Å². The molecule has 0 unspecified atom stereocenters. The number of amides is 1. The molecule has 3 nitrogen and oxygen atoms in total. The minimum absolute atomic E-state index is 0.191. The smallest absolute Gasteiger partial charge is 0.251 e. The van der Waals surface area contributed by atoms with Gasteiger partial charge in [-0.25, -0.2) is 0 Å². The van der Waals surface area contributed by atoms with Gasteiger partial charge in [0.25, 0.3) is 5.91 Å². The molecule has 0 aliphatic rings. The van der Waals surface area contributed by atoms with E-state index < -0.39 is 0 Å². The van der Waals surface area contributed by atoms with E-state index in [1.54, 1.807) is 18.2 Å². The topological polar surface area (TPSA) is 49.3 Å². The Balaban J connectivity index is 3.13. The number of halogens is 1. The number of aliphatic hydroxyl groups excluding tert-OH is 1. The third-order valence-electron chi connectivity index (χ3n) is 1.71. The highest BCUT2D eigenvalue weighted by molar-refractivity contribution is 6.30. The Kier molecular flexibility index (Phi) is 3.28. The number of benzene rings is 1. The second-order valence-electron chi connectivity index (χ2n) is 2.54. The summed E-state index contributed by atoms with van der Waals surface area (Å²) in [7, 11) is 1.54. The van der Waals surface area contributed by atoms with Gasteiger partial charge in [0.2, 0.25) is 0 Å². The largest absolute Gasteiger partial charge is 0.392 e. The van der Waals surface area contributed by atoms with Gasteiger partial charge in [0.15, 0.2) is 0 Å².